The van der Waals surface area contributed by atoms with Crippen LogP contribution in [0.2, 0.25) is 0 Å². The highest BCUT2D eigenvalue weighted by Gasteiger charge is 2.24. The van der Waals surface area contributed by atoms with E-state index in [2.05, 4.69) is 12.1 Å². The van der Waals surface area contributed by atoms with E-state index in [0.29, 0.717) is 13.2 Å². The number of epoxide rings is 2. The summed E-state index contributed by atoms with van der Waals surface area (Å²) in [6.07, 6.45) is 1.30. The predicted molar refractivity (Wildman–Crippen MR) is 86.2 cm³/mol. The summed E-state index contributed by atoms with van der Waals surface area (Å²) >= 11 is 0. The van der Waals surface area contributed by atoms with E-state index >= 15 is 0 Å². The van der Waals surface area contributed by atoms with Crippen LogP contribution in [-0.2, 0) is 15.9 Å². The van der Waals surface area contributed by atoms with Gasteiger partial charge in [0.05, 0.1) is 13.2 Å². The number of hydrogen-bond donors (Lipinski definition) is 0. The minimum atomic E-state index is 0.261. The Kier molecular flexibility index (Phi) is 4.18. The number of rotatable bonds is 8. The largest absolute Gasteiger partial charge is 0.490 e. The fourth-order valence-corrected chi connectivity index (χ4v) is 2.48. The van der Waals surface area contributed by atoms with Crippen LogP contribution >= 0.6 is 0 Å². The zero-order chi connectivity index (χ0) is 15.5. The molecule has 0 unspecified atom stereocenters. The summed E-state index contributed by atoms with van der Waals surface area (Å²) in [6.45, 7) is 2.85. The highest BCUT2D eigenvalue weighted by atomic mass is 16.6. The van der Waals surface area contributed by atoms with Gasteiger partial charge in [-0.15, -0.1) is 0 Å². The lowest BCUT2D eigenvalue weighted by Crippen LogP contribution is -2.08. The fraction of sp³-hybridized carbons (Fsp3) is 0.368. The highest BCUT2D eigenvalue weighted by Crippen LogP contribution is 2.27. The van der Waals surface area contributed by atoms with Crippen molar-refractivity contribution in [3.05, 3.63) is 59.7 Å². The van der Waals surface area contributed by atoms with Crippen LogP contribution in [0.3, 0.4) is 0 Å². The molecule has 0 amide bonds. The molecular weight excluding hydrogens is 292 g/mol. The Morgan fingerprint density at radius 3 is 1.61 bits per heavy atom. The molecule has 0 saturated carbocycles. The van der Waals surface area contributed by atoms with Crippen molar-refractivity contribution in [2.45, 2.75) is 18.6 Å². The molecule has 23 heavy (non-hydrogen) atoms. The summed E-state index contributed by atoms with van der Waals surface area (Å²) in [7, 11) is 0. The van der Waals surface area contributed by atoms with Crippen LogP contribution in [0, 0.1) is 0 Å². The van der Waals surface area contributed by atoms with Gasteiger partial charge < -0.3 is 18.9 Å². The average Bonchev–Trinajstić information content (AvgIpc) is 3.48. The van der Waals surface area contributed by atoms with Gasteiger partial charge in [0.2, 0.25) is 0 Å². The van der Waals surface area contributed by atoms with Crippen molar-refractivity contribution in [2.75, 3.05) is 26.4 Å². The van der Waals surface area contributed by atoms with Gasteiger partial charge in [0, 0.05) is 6.42 Å². The third kappa shape index (κ3) is 4.03. The molecule has 2 aliphatic rings. The Balaban J connectivity index is 1.48. The first-order chi connectivity index (χ1) is 11.4. The number of ether oxygens (including phenoxy) is 4. The summed E-state index contributed by atoms with van der Waals surface area (Å²) in [5.41, 5.74) is 2.32. The van der Waals surface area contributed by atoms with Crippen molar-refractivity contribution < 1.29 is 18.9 Å². The maximum absolute atomic E-state index is 5.90. The molecule has 120 valence electrons. The standard InChI is InChI=1S/C19H20O4/c1-3-7-18(22-12-16-10-20-16)14(5-1)9-15-6-2-4-8-19(15)23-13-17-11-21-17/h1-8,16-17H,9-13H2/t16-,17-/m1/s1. The van der Waals surface area contributed by atoms with Crippen molar-refractivity contribution in [3.63, 3.8) is 0 Å². The van der Waals surface area contributed by atoms with Crippen molar-refractivity contribution in [2.24, 2.45) is 0 Å². The van der Waals surface area contributed by atoms with Gasteiger partial charge in [-0.3, -0.25) is 0 Å². The van der Waals surface area contributed by atoms with Crippen molar-refractivity contribution in [1.29, 1.82) is 0 Å². The predicted octanol–water partition coefficient (Wildman–Crippen LogP) is 2.83. The van der Waals surface area contributed by atoms with Crippen LogP contribution in [-0.4, -0.2) is 38.6 Å². The van der Waals surface area contributed by atoms with Gasteiger partial charge in [-0.1, -0.05) is 36.4 Å². The van der Waals surface area contributed by atoms with E-state index in [4.69, 9.17) is 18.9 Å². The molecule has 4 heteroatoms. The quantitative estimate of drug-likeness (QED) is 0.703. The van der Waals surface area contributed by atoms with Crippen molar-refractivity contribution >= 4 is 0 Å². The van der Waals surface area contributed by atoms with Gasteiger partial charge in [-0.25, -0.2) is 0 Å². The van der Waals surface area contributed by atoms with Crippen LogP contribution < -0.4 is 9.47 Å². The SMILES string of the molecule is c1ccc(OC[C@H]2CO2)c(Cc2ccccc2OC[C@H]2CO2)c1. The fourth-order valence-electron chi connectivity index (χ4n) is 2.48. The van der Waals surface area contributed by atoms with E-state index in [1.54, 1.807) is 0 Å². The van der Waals surface area contributed by atoms with Gasteiger partial charge in [-0.05, 0) is 23.3 Å². The maximum Gasteiger partial charge on any atom is 0.122 e. The van der Waals surface area contributed by atoms with Gasteiger partial charge in [0.1, 0.15) is 36.9 Å². The first-order valence-electron chi connectivity index (χ1n) is 8.03. The highest BCUT2D eigenvalue weighted by molar-refractivity contribution is 5.42. The van der Waals surface area contributed by atoms with Gasteiger partial charge in [-0.2, -0.15) is 0 Å². The summed E-state index contributed by atoms with van der Waals surface area (Å²) in [5.74, 6) is 1.84. The zero-order valence-electron chi connectivity index (χ0n) is 12.9. The number of para-hydroxylation sites is 2. The van der Waals surface area contributed by atoms with E-state index in [-0.39, 0.29) is 12.2 Å². The van der Waals surface area contributed by atoms with E-state index < -0.39 is 0 Å². The molecule has 2 aromatic rings. The number of hydrogen-bond acceptors (Lipinski definition) is 4. The molecule has 0 spiro atoms. The first-order valence-corrected chi connectivity index (χ1v) is 8.03. The molecule has 2 aliphatic heterocycles. The van der Waals surface area contributed by atoms with Crippen LogP contribution in [0.5, 0.6) is 11.5 Å². The average molecular weight is 312 g/mol. The lowest BCUT2D eigenvalue weighted by Gasteiger charge is -2.13. The van der Waals surface area contributed by atoms with Crippen molar-refractivity contribution in [1.82, 2.24) is 0 Å². The van der Waals surface area contributed by atoms with E-state index in [1.807, 2.05) is 36.4 Å². The van der Waals surface area contributed by atoms with Crippen LogP contribution in [0.1, 0.15) is 11.1 Å². The third-order valence-electron chi connectivity index (χ3n) is 3.98. The smallest absolute Gasteiger partial charge is 0.122 e. The Labute approximate surface area is 135 Å². The zero-order valence-corrected chi connectivity index (χ0v) is 12.9. The second-order valence-electron chi connectivity index (χ2n) is 5.92. The third-order valence-corrected chi connectivity index (χ3v) is 3.98. The summed E-state index contributed by atoms with van der Waals surface area (Å²) in [4.78, 5) is 0. The summed E-state index contributed by atoms with van der Waals surface area (Å²) in [5, 5.41) is 0. The molecule has 2 aromatic carbocycles. The Hall–Kier alpha value is -2.04. The molecule has 0 aromatic heterocycles. The monoisotopic (exact) mass is 312 g/mol. The van der Waals surface area contributed by atoms with Crippen LogP contribution in [0.25, 0.3) is 0 Å². The summed E-state index contributed by atoms with van der Waals surface area (Å²) < 4.78 is 22.2. The van der Waals surface area contributed by atoms with Gasteiger partial charge in [0.25, 0.3) is 0 Å². The minimum absolute atomic E-state index is 0.261. The molecule has 2 atom stereocenters. The molecule has 2 saturated heterocycles. The second-order valence-corrected chi connectivity index (χ2v) is 5.92. The maximum atomic E-state index is 5.90. The molecule has 0 aliphatic carbocycles. The normalized spacial score (nSPS) is 21.7. The number of benzene rings is 2. The van der Waals surface area contributed by atoms with Gasteiger partial charge >= 0.3 is 0 Å². The van der Waals surface area contributed by atoms with E-state index in [1.165, 1.54) is 0 Å². The van der Waals surface area contributed by atoms with Gasteiger partial charge in [0.15, 0.2) is 0 Å². The van der Waals surface area contributed by atoms with Crippen LogP contribution in [0.15, 0.2) is 48.5 Å². The molecule has 4 nitrogen and oxygen atoms in total. The Morgan fingerprint density at radius 1 is 0.739 bits per heavy atom. The molecule has 2 heterocycles. The summed E-state index contributed by atoms with van der Waals surface area (Å²) in [6, 6.07) is 16.3. The topological polar surface area (TPSA) is 43.5 Å². The van der Waals surface area contributed by atoms with E-state index in [9.17, 15) is 0 Å². The Bertz CT molecular complexity index is 604. The molecule has 0 radical (unpaired) electrons. The first kappa shape index (κ1) is 14.5. The lowest BCUT2D eigenvalue weighted by molar-refractivity contribution is 0.259. The molecule has 2 fully saturated rings. The molecule has 0 N–H and O–H groups in total. The lowest BCUT2D eigenvalue weighted by atomic mass is 10.0. The Morgan fingerprint density at radius 2 is 1.17 bits per heavy atom. The minimum Gasteiger partial charge on any atom is -0.490 e. The molecular formula is C19H20O4. The van der Waals surface area contributed by atoms with E-state index in [0.717, 1.165) is 42.3 Å². The molecule has 4 rings (SSSR count). The van der Waals surface area contributed by atoms with Crippen LogP contribution in [0.4, 0.5) is 0 Å². The molecule has 0 bridgehead atoms. The van der Waals surface area contributed by atoms with Crippen molar-refractivity contribution in [3.8, 4) is 11.5 Å². The second kappa shape index (κ2) is 6.60.